The first kappa shape index (κ1) is 8.99. The lowest BCUT2D eigenvalue weighted by molar-refractivity contribution is 0.369. The minimum Gasteiger partial charge on any atom is -0.330 e. The van der Waals surface area contributed by atoms with Crippen molar-refractivity contribution in [2.75, 3.05) is 6.54 Å². The fourth-order valence-electron chi connectivity index (χ4n) is 1.10. The van der Waals surface area contributed by atoms with E-state index in [0.29, 0.717) is 18.3 Å². The third-order valence-corrected chi connectivity index (χ3v) is 1.87. The Labute approximate surface area is 69.9 Å². The van der Waals surface area contributed by atoms with Gasteiger partial charge in [-0.15, -0.1) is 0 Å². The fraction of sp³-hybridized carbons (Fsp3) is 0.714. The standard InChI is InChI=1S/C7H13N3O2/c1-4(2)5(3-8)6-9-7(11)12-10-6/h4-5H,3,8H2,1-2H3,(H,9,10,11). The maximum Gasteiger partial charge on any atom is 0.438 e. The maximum atomic E-state index is 10.6. The van der Waals surface area contributed by atoms with E-state index >= 15 is 0 Å². The van der Waals surface area contributed by atoms with Crippen LogP contribution in [-0.4, -0.2) is 16.7 Å². The van der Waals surface area contributed by atoms with Gasteiger partial charge < -0.3 is 5.73 Å². The summed E-state index contributed by atoms with van der Waals surface area (Å²) in [6, 6.07) is 0. The number of rotatable bonds is 3. The van der Waals surface area contributed by atoms with E-state index < -0.39 is 5.76 Å². The number of hydrogen-bond acceptors (Lipinski definition) is 4. The van der Waals surface area contributed by atoms with Gasteiger partial charge in [0.2, 0.25) is 0 Å². The molecule has 0 radical (unpaired) electrons. The van der Waals surface area contributed by atoms with Crippen molar-refractivity contribution in [3.05, 3.63) is 16.4 Å². The molecule has 1 heterocycles. The molecule has 68 valence electrons. The monoisotopic (exact) mass is 171 g/mol. The molecular formula is C7H13N3O2. The van der Waals surface area contributed by atoms with Crippen molar-refractivity contribution in [1.29, 1.82) is 0 Å². The van der Waals surface area contributed by atoms with Crippen molar-refractivity contribution in [2.45, 2.75) is 19.8 Å². The summed E-state index contributed by atoms with van der Waals surface area (Å²) in [5, 5.41) is 3.59. The maximum absolute atomic E-state index is 10.6. The third kappa shape index (κ3) is 1.73. The lowest BCUT2D eigenvalue weighted by Crippen LogP contribution is -2.19. The van der Waals surface area contributed by atoms with E-state index in [4.69, 9.17) is 5.73 Å². The normalized spacial score (nSPS) is 13.7. The van der Waals surface area contributed by atoms with Gasteiger partial charge >= 0.3 is 5.76 Å². The molecule has 1 aromatic heterocycles. The van der Waals surface area contributed by atoms with Gasteiger partial charge in [-0.2, -0.15) is 0 Å². The van der Waals surface area contributed by atoms with Crippen molar-refractivity contribution in [2.24, 2.45) is 11.7 Å². The van der Waals surface area contributed by atoms with Crippen LogP contribution in [0.4, 0.5) is 0 Å². The topological polar surface area (TPSA) is 84.9 Å². The van der Waals surface area contributed by atoms with E-state index in [1.165, 1.54) is 0 Å². The van der Waals surface area contributed by atoms with Gasteiger partial charge in [-0.1, -0.05) is 19.0 Å². The van der Waals surface area contributed by atoms with Crippen molar-refractivity contribution in [3.8, 4) is 0 Å². The first-order valence-corrected chi connectivity index (χ1v) is 3.91. The minimum absolute atomic E-state index is 0.0662. The van der Waals surface area contributed by atoms with E-state index in [1.807, 2.05) is 13.8 Å². The zero-order chi connectivity index (χ0) is 9.14. The Balaban J connectivity index is 2.87. The van der Waals surface area contributed by atoms with Crippen molar-refractivity contribution < 1.29 is 4.52 Å². The number of nitrogens with two attached hydrogens (primary N) is 1. The first-order valence-electron chi connectivity index (χ1n) is 3.91. The summed E-state index contributed by atoms with van der Waals surface area (Å²) in [6.45, 7) is 4.50. The Kier molecular flexibility index (Phi) is 2.65. The quantitative estimate of drug-likeness (QED) is 0.673. The first-order chi connectivity index (χ1) is 5.65. The second kappa shape index (κ2) is 3.53. The van der Waals surface area contributed by atoms with Crippen LogP contribution in [0.3, 0.4) is 0 Å². The van der Waals surface area contributed by atoms with Crippen LogP contribution in [0.25, 0.3) is 0 Å². The zero-order valence-corrected chi connectivity index (χ0v) is 7.20. The summed E-state index contributed by atoms with van der Waals surface area (Å²) >= 11 is 0. The lowest BCUT2D eigenvalue weighted by Gasteiger charge is -2.13. The molecule has 0 amide bonds. The number of nitrogens with zero attached hydrogens (tertiary/aromatic N) is 1. The molecule has 1 aromatic rings. The molecule has 0 saturated heterocycles. The Morgan fingerprint density at radius 1 is 1.67 bits per heavy atom. The second-order valence-electron chi connectivity index (χ2n) is 3.07. The van der Waals surface area contributed by atoms with E-state index in [1.54, 1.807) is 0 Å². The van der Waals surface area contributed by atoms with E-state index in [2.05, 4.69) is 14.7 Å². The Bertz CT molecular complexity index is 289. The molecule has 0 spiro atoms. The molecule has 5 nitrogen and oxygen atoms in total. The second-order valence-corrected chi connectivity index (χ2v) is 3.07. The highest BCUT2D eigenvalue weighted by atomic mass is 16.5. The number of H-pyrrole nitrogens is 1. The molecule has 0 aromatic carbocycles. The highest BCUT2D eigenvalue weighted by Crippen LogP contribution is 2.18. The fourth-order valence-corrected chi connectivity index (χ4v) is 1.10. The van der Waals surface area contributed by atoms with Crippen molar-refractivity contribution in [3.63, 3.8) is 0 Å². The summed E-state index contributed by atoms with van der Waals surface area (Å²) < 4.78 is 4.38. The lowest BCUT2D eigenvalue weighted by atomic mass is 9.95. The molecule has 1 atom stereocenters. The van der Waals surface area contributed by atoms with Gasteiger partial charge in [0.25, 0.3) is 0 Å². The molecule has 1 unspecified atom stereocenters. The average Bonchev–Trinajstić information content (AvgIpc) is 2.37. The SMILES string of the molecule is CC(C)C(CN)c1noc(=O)[nH]1. The molecule has 12 heavy (non-hydrogen) atoms. The average molecular weight is 171 g/mol. The van der Waals surface area contributed by atoms with Gasteiger partial charge in [0.1, 0.15) is 0 Å². The molecule has 0 saturated carbocycles. The van der Waals surface area contributed by atoms with Gasteiger partial charge in [-0.25, -0.2) is 4.79 Å². The van der Waals surface area contributed by atoms with Gasteiger partial charge in [0, 0.05) is 12.5 Å². The van der Waals surface area contributed by atoms with Crippen LogP contribution in [0.2, 0.25) is 0 Å². The largest absolute Gasteiger partial charge is 0.438 e. The zero-order valence-electron chi connectivity index (χ0n) is 7.20. The van der Waals surface area contributed by atoms with E-state index in [-0.39, 0.29) is 5.92 Å². The highest BCUT2D eigenvalue weighted by Gasteiger charge is 2.18. The predicted octanol–water partition coefficient (Wildman–Crippen LogP) is 0.0612. The minimum atomic E-state index is -0.524. The number of aromatic amines is 1. The predicted molar refractivity (Wildman–Crippen MR) is 43.8 cm³/mol. The molecule has 3 N–H and O–H groups in total. The van der Waals surface area contributed by atoms with Gasteiger partial charge in [-0.05, 0) is 5.92 Å². The Hall–Kier alpha value is -1.10. The van der Waals surface area contributed by atoms with Crippen molar-refractivity contribution in [1.82, 2.24) is 10.1 Å². The van der Waals surface area contributed by atoms with E-state index in [9.17, 15) is 4.79 Å². The molecule has 0 aliphatic carbocycles. The molecular weight excluding hydrogens is 158 g/mol. The molecule has 5 heteroatoms. The number of aromatic nitrogens is 2. The number of hydrogen-bond donors (Lipinski definition) is 2. The van der Waals surface area contributed by atoms with Crippen LogP contribution in [-0.2, 0) is 0 Å². The Morgan fingerprint density at radius 3 is 2.67 bits per heavy atom. The van der Waals surface area contributed by atoms with Gasteiger partial charge in [0.15, 0.2) is 5.82 Å². The summed E-state index contributed by atoms with van der Waals surface area (Å²) in [4.78, 5) is 13.1. The molecule has 0 aliphatic heterocycles. The van der Waals surface area contributed by atoms with Gasteiger partial charge in [0.05, 0.1) is 0 Å². The summed E-state index contributed by atoms with van der Waals surface area (Å²) in [5.41, 5.74) is 5.51. The molecule has 0 aliphatic rings. The van der Waals surface area contributed by atoms with Crippen LogP contribution < -0.4 is 11.5 Å². The van der Waals surface area contributed by atoms with Gasteiger partial charge in [-0.3, -0.25) is 9.51 Å². The third-order valence-electron chi connectivity index (χ3n) is 1.87. The smallest absolute Gasteiger partial charge is 0.330 e. The van der Waals surface area contributed by atoms with Crippen LogP contribution in [0.15, 0.2) is 9.32 Å². The van der Waals surface area contributed by atoms with Crippen LogP contribution in [0.1, 0.15) is 25.6 Å². The molecule has 1 rings (SSSR count). The summed E-state index contributed by atoms with van der Waals surface area (Å²) in [5.74, 6) is 0.425. The van der Waals surface area contributed by atoms with Crippen LogP contribution >= 0.6 is 0 Å². The van der Waals surface area contributed by atoms with Crippen LogP contribution in [0.5, 0.6) is 0 Å². The summed E-state index contributed by atoms with van der Waals surface area (Å²) in [7, 11) is 0. The molecule has 0 bridgehead atoms. The van der Waals surface area contributed by atoms with Crippen molar-refractivity contribution >= 4 is 0 Å². The summed E-state index contributed by atoms with van der Waals surface area (Å²) in [6.07, 6.45) is 0. The Morgan fingerprint density at radius 2 is 2.33 bits per heavy atom. The highest BCUT2D eigenvalue weighted by molar-refractivity contribution is 4.94. The van der Waals surface area contributed by atoms with E-state index in [0.717, 1.165) is 0 Å². The number of nitrogens with one attached hydrogen (secondary N) is 1. The molecule has 0 fully saturated rings. The van der Waals surface area contributed by atoms with Crippen LogP contribution in [0, 0.1) is 5.92 Å².